The number of hydrogen-bond donors (Lipinski definition) is 0. The summed E-state index contributed by atoms with van der Waals surface area (Å²) in [7, 11) is 0. The molecule has 1 aromatic carbocycles. The molecule has 0 unspecified atom stereocenters. The van der Waals surface area contributed by atoms with Crippen molar-refractivity contribution >= 4 is 16.9 Å². The van der Waals surface area contributed by atoms with Crippen molar-refractivity contribution in [1.29, 1.82) is 0 Å². The van der Waals surface area contributed by atoms with E-state index in [1.165, 1.54) is 6.42 Å². The second kappa shape index (κ2) is 6.52. The molecule has 3 rings (SSSR count). The van der Waals surface area contributed by atoms with Crippen molar-refractivity contribution in [3.63, 3.8) is 0 Å². The van der Waals surface area contributed by atoms with Crippen molar-refractivity contribution in [3.8, 4) is 0 Å². The minimum absolute atomic E-state index is 0.00400. The maximum Gasteiger partial charge on any atom is 0.338 e. The Balaban J connectivity index is 2.07. The molecule has 0 fully saturated rings. The summed E-state index contributed by atoms with van der Waals surface area (Å²) in [5.74, 6) is 0.451. The van der Waals surface area contributed by atoms with Gasteiger partial charge in [-0.3, -0.25) is 9.36 Å². The molecule has 0 atom stereocenters. The fraction of sp³-hybridized carbons (Fsp3) is 0.500. The van der Waals surface area contributed by atoms with E-state index in [0.29, 0.717) is 16.5 Å². The normalized spacial score (nSPS) is 15.1. The third-order valence-electron chi connectivity index (χ3n) is 4.14. The number of nitrogens with zero attached hydrogens (tertiary/aromatic N) is 2. The largest absolute Gasteiger partial charge is 0.459 e. The lowest BCUT2D eigenvalue weighted by molar-refractivity contribution is 0.0378. The van der Waals surface area contributed by atoms with Gasteiger partial charge in [0, 0.05) is 13.0 Å². The van der Waals surface area contributed by atoms with E-state index in [1.54, 1.807) is 22.8 Å². The van der Waals surface area contributed by atoms with Gasteiger partial charge in [0.1, 0.15) is 5.82 Å². The minimum Gasteiger partial charge on any atom is -0.459 e. The zero-order valence-electron chi connectivity index (χ0n) is 13.7. The predicted molar refractivity (Wildman–Crippen MR) is 88.7 cm³/mol. The number of rotatable bonds is 2. The first-order valence-corrected chi connectivity index (χ1v) is 8.31. The molecule has 5 heteroatoms. The molecule has 0 amide bonds. The Hall–Kier alpha value is -2.17. The maximum absolute atomic E-state index is 12.7. The van der Waals surface area contributed by atoms with E-state index < -0.39 is 0 Å². The number of aromatic nitrogens is 2. The number of hydrogen-bond acceptors (Lipinski definition) is 4. The van der Waals surface area contributed by atoms with Crippen LogP contribution in [0.2, 0.25) is 0 Å². The summed E-state index contributed by atoms with van der Waals surface area (Å²) in [6.07, 6.45) is 5.03. The number of fused-ring (bicyclic) bond motifs is 2. The maximum atomic E-state index is 12.7. The summed E-state index contributed by atoms with van der Waals surface area (Å²) in [5.41, 5.74) is 1.02. The van der Waals surface area contributed by atoms with Gasteiger partial charge in [0.25, 0.3) is 5.56 Å². The first-order chi connectivity index (χ1) is 11.1. The minimum atomic E-state index is -0.379. The second-order valence-electron chi connectivity index (χ2n) is 6.34. The Bertz CT molecular complexity index is 793. The molecule has 1 aliphatic heterocycles. The van der Waals surface area contributed by atoms with Crippen molar-refractivity contribution in [3.05, 3.63) is 39.9 Å². The molecule has 23 heavy (non-hydrogen) atoms. The SMILES string of the molecule is CC(C)OC(=O)c1ccc2c(=O)n3c(nc2c1)CCCCCC3. The van der Waals surface area contributed by atoms with E-state index >= 15 is 0 Å². The topological polar surface area (TPSA) is 61.2 Å². The lowest BCUT2D eigenvalue weighted by Crippen LogP contribution is -2.26. The molecule has 0 radical (unpaired) electrons. The van der Waals surface area contributed by atoms with E-state index in [4.69, 9.17) is 4.74 Å². The molecule has 0 N–H and O–H groups in total. The molecular formula is C18H22N2O3. The van der Waals surface area contributed by atoms with Crippen LogP contribution in [0, 0.1) is 0 Å². The average Bonchev–Trinajstić information content (AvgIpc) is 2.48. The highest BCUT2D eigenvalue weighted by atomic mass is 16.5. The number of aryl methyl sites for hydroxylation is 1. The summed E-state index contributed by atoms with van der Waals surface area (Å²) in [5, 5.41) is 0.565. The first-order valence-electron chi connectivity index (χ1n) is 8.31. The fourth-order valence-electron chi connectivity index (χ4n) is 3.00. The van der Waals surface area contributed by atoms with Crippen LogP contribution in [0.5, 0.6) is 0 Å². The zero-order chi connectivity index (χ0) is 16.4. The standard InChI is InChI=1S/C18H22N2O3/c1-12(2)23-18(22)13-8-9-14-15(11-13)19-16-7-5-3-4-6-10-20(16)17(14)21/h8-9,11-12H,3-7,10H2,1-2H3. The Morgan fingerprint density at radius 3 is 2.78 bits per heavy atom. The third-order valence-corrected chi connectivity index (χ3v) is 4.14. The van der Waals surface area contributed by atoms with Crippen LogP contribution in [0.15, 0.2) is 23.0 Å². The Labute approximate surface area is 135 Å². The molecule has 0 saturated heterocycles. The monoisotopic (exact) mass is 314 g/mol. The van der Waals surface area contributed by atoms with E-state index in [1.807, 2.05) is 13.8 Å². The molecule has 122 valence electrons. The van der Waals surface area contributed by atoms with Crippen LogP contribution in [0.3, 0.4) is 0 Å². The van der Waals surface area contributed by atoms with Crippen LogP contribution < -0.4 is 5.56 Å². The second-order valence-corrected chi connectivity index (χ2v) is 6.34. The smallest absolute Gasteiger partial charge is 0.338 e. The van der Waals surface area contributed by atoms with Crippen LogP contribution in [0.25, 0.3) is 10.9 Å². The van der Waals surface area contributed by atoms with Crippen LogP contribution in [0.1, 0.15) is 55.7 Å². The Kier molecular flexibility index (Phi) is 4.46. The molecular weight excluding hydrogens is 292 g/mol. The highest BCUT2D eigenvalue weighted by molar-refractivity contribution is 5.94. The quantitative estimate of drug-likeness (QED) is 0.799. The third kappa shape index (κ3) is 3.28. The summed E-state index contributed by atoms with van der Waals surface area (Å²) < 4.78 is 7.01. The number of esters is 1. The van der Waals surface area contributed by atoms with Gasteiger partial charge in [-0.1, -0.05) is 12.8 Å². The van der Waals surface area contributed by atoms with Crippen LogP contribution in [0.4, 0.5) is 0 Å². The van der Waals surface area contributed by atoms with Crippen molar-refractivity contribution in [2.75, 3.05) is 0 Å². The summed E-state index contributed by atoms with van der Waals surface area (Å²) in [4.78, 5) is 29.4. The Morgan fingerprint density at radius 2 is 2.00 bits per heavy atom. The molecule has 0 saturated carbocycles. The molecule has 5 nitrogen and oxygen atoms in total. The number of benzene rings is 1. The van der Waals surface area contributed by atoms with Gasteiger partial charge < -0.3 is 4.74 Å². The molecule has 2 aromatic rings. The highest BCUT2D eigenvalue weighted by Gasteiger charge is 2.15. The molecule has 2 heterocycles. The van der Waals surface area contributed by atoms with Gasteiger partial charge in [-0.05, 0) is 44.9 Å². The lowest BCUT2D eigenvalue weighted by Gasteiger charge is -2.16. The molecule has 1 aromatic heterocycles. The van der Waals surface area contributed by atoms with E-state index in [-0.39, 0.29) is 17.6 Å². The van der Waals surface area contributed by atoms with E-state index in [0.717, 1.165) is 38.1 Å². The average molecular weight is 314 g/mol. The van der Waals surface area contributed by atoms with Crippen LogP contribution in [-0.4, -0.2) is 21.6 Å². The Morgan fingerprint density at radius 1 is 1.22 bits per heavy atom. The number of carbonyl (C=O) groups is 1. The van der Waals surface area contributed by atoms with Crippen molar-refractivity contribution in [1.82, 2.24) is 9.55 Å². The lowest BCUT2D eigenvalue weighted by atomic mass is 10.1. The summed E-state index contributed by atoms with van der Waals surface area (Å²) >= 11 is 0. The van der Waals surface area contributed by atoms with Crippen molar-refractivity contribution in [2.24, 2.45) is 0 Å². The van der Waals surface area contributed by atoms with E-state index in [9.17, 15) is 9.59 Å². The summed E-state index contributed by atoms with van der Waals surface area (Å²) in [6, 6.07) is 5.00. The molecule has 0 bridgehead atoms. The van der Waals surface area contributed by atoms with Gasteiger partial charge in [0.05, 0.1) is 22.6 Å². The van der Waals surface area contributed by atoms with Gasteiger partial charge in [0.15, 0.2) is 0 Å². The van der Waals surface area contributed by atoms with Crippen molar-refractivity contribution < 1.29 is 9.53 Å². The van der Waals surface area contributed by atoms with Gasteiger partial charge in [-0.2, -0.15) is 0 Å². The van der Waals surface area contributed by atoms with Crippen LogP contribution in [-0.2, 0) is 17.7 Å². The molecule has 0 aliphatic carbocycles. The summed E-state index contributed by atoms with van der Waals surface area (Å²) in [6.45, 7) is 4.35. The molecule has 1 aliphatic rings. The number of carbonyl (C=O) groups excluding carboxylic acids is 1. The molecule has 0 spiro atoms. The highest BCUT2D eigenvalue weighted by Crippen LogP contribution is 2.17. The van der Waals surface area contributed by atoms with Gasteiger partial charge in [0.2, 0.25) is 0 Å². The van der Waals surface area contributed by atoms with E-state index in [2.05, 4.69) is 4.98 Å². The fourth-order valence-corrected chi connectivity index (χ4v) is 3.00. The first kappa shape index (κ1) is 15.7. The number of ether oxygens (including phenoxy) is 1. The predicted octanol–water partition coefficient (Wildman–Crippen LogP) is 3.08. The van der Waals surface area contributed by atoms with Gasteiger partial charge >= 0.3 is 5.97 Å². The van der Waals surface area contributed by atoms with Crippen molar-refractivity contribution in [2.45, 2.75) is 58.6 Å². The van der Waals surface area contributed by atoms with Crippen LogP contribution >= 0.6 is 0 Å². The zero-order valence-corrected chi connectivity index (χ0v) is 13.7. The van der Waals surface area contributed by atoms with Gasteiger partial charge in [-0.15, -0.1) is 0 Å². The van der Waals surface area contributed by atoms with Gasteiger partial charge in [-0.25, -0.2) is 9.78 Å².